The molecule has 0 fully saturated rings. The lowest BCUT2D eigenvalue weighted by molar-refractivity contribution is 0.830. The third-order valence-corrected chi connectivity index (χ3v) is 4.65. The summed E-state index contributed by atoms with van der Waals surface area (Å²) in [7, 11) is 0. The minimum atomic E-state index is 1.13. The topological polar surface area (TPSA) is 0 Å². The minimum absolute atomic E-state index is 1.13. The summed E-state index contributed by atoms with van der Waals surface area (Å²) in [5.74, 6) is 0. The lowest BCUT2D eigenvalue weighted by Gasteiger charge is -2.08. The van der Waals surface area contributed by atoms with Crippen molar-refractivity contribution in [1.82, 2.24) is 0 Å². The molecule has 0 saturated heterocycles. The molecule has 0 unspecified atom stereocenters. The number of aryl methyl sites for hydroxylation is 2. The van der Waals surface area contributed by atoms with E-state index in [4.69, 9.17) is 0 Å². The first-order chi connectivity index (χ1) is 11.4. The van der Waals surface area contributed by atoms with Crippen LogP contribution in [0.4, 0.5) is 0 Å². The summed E-state index contributed by atoms with van der Waals surface area (Å²) < 4.78 is 0. The van der Waals surface area contributed by atoms with E-state index >= 15 is 0 Å². The first-order valence-corrected chi connectivity index (χ1v) is 8.35. The van der Waals surface area contributed by atoms with E-state index in [1.807, 2.05) is 0 Å². The van der Waals surface area contributed by atoms with Crippen LogP contribution < -0.4 is 0 Å². The Hall–Kier alpha value is -2.60. The van der Waals surface area contributed by atoms with Crippen molar-refractivity contribution in [2.75, 3.05) is 0 Å². The van der Waals surface area contributed by atoms with Crippen molar-refractivity contribution in [2.45, 2.75) is 19.3 Å². The summed E-state index contributed by atoms with van der Waals surface area (Å²) >= 11 is 0. The highest BCUT2D eigenvalue weighted by Gasteiger charge is 2.03. The molecule has 0 amide bonds. The van der Waals surface area contributed by atoms with Gasteiger partial charge in [0.25, 0.3) is 0 Å². The molecular weight excluding hydrogens is 276 g/mol. The van der Waals surface area contributed by atoms with Gasteiger partial charge in [-0.25, -0.2) is 0 Å². The molecule has 0 heterocycles. The Bertz CT molecular complexity index is 860. The van der Waals surface area contributed by atoms with Gasteiger partial charge in [0, 0.05) is 0 Å². The number of fused-ring (bicyclic) bond motifs is 2. The maximum atomic E-state index is 2.27. The Balaban J connectivity index is 1.55. The van der Waals surface area contributed by atoms with Crippen LogP contribution in [0, 0.1) is 0 Å². The molecule has 0 aromatic heterocycles. The lowest BCUT2D eigenvalue weighted by atomic mass is 9.96. The Labute approximate surface area is 137 Å². The average molecular weight is 296 g/mol. The maximum absolute atomic E-state index is 2.27. The predicted octanol–water partition coefficient (Wildman–Crippen LogP) is 6.17. The number of hydrogen-bond acceptors (Lipinski definition) is 0. The van der Waals surface area contributed by atoms with E-state index in [9.17, 15) is 0 Å². The van der Waals surface area contributed by atoms with Gasteiger partial charge in [-0.2, -0.15) is 0 Å². The van der Waals surface area contributed by atoms with Crippen LogP contribution in [0.25, 0.3) is 21.5 Å². The fraction of sp³-hybridized carbons (Fsp3) is 0.130. The number of benzene rings is 4. The summed E-state index contributed by atoms with van der Waals surface area (Å²) in [4.78, 5) is 0. The monoisotopic (exact) mass is 296 g/mol. The van der Waals surface area contributed by atoms with Crippen molar-refractivity contribution < 1.29 is 0 Å². The maximum Gasteiger partial charge on any atom is -0.0152 e. The summed E-state index contributed by atoms with van der Waals surface area (Å²) in [6.45, 7) is 0. The SMILES string of the molecule is c1ccc2c(CCCc3cccc4ccccc34)cccc2c1. The molecular formula is C23H20. The molecule has 0 bridgehead atoms. The van der Waals surface area contributed by atoms with Crippen LogP contribution in [0.5, 0.6) is 0 Å². The van der Waals surface area contributed by atoms with E-state index in [1.165, 1.54) is 39.1 Å². The summed E-state index contributed by atoms with van der Waals surface area (Å²) in [6, 6.07) is 30.7. The fourth-order valence-corrected chi connectivity index (χ4v) is 3.49. The zero-order valence-corrected chi connectivity index (χ0v) is 13.2. The van der Waals surface area contributed by atoms with Gasteiger partial charge in [0.15, 0.2) is 0 Å². The largest absolute Gasteiger partial charge is 0.0616 e. The number of hydrogen-bond donors (Lipinski definition) is 0. The summed E-state index contributed by atoms with van der Waals surface area (Å²) in [6.07, 6.45) is 3.44. The van der Waals surface area contributed by atoms with E-state index in [-0.39, 0.29) is 0 Å². The predicted molar refractivity (Wildman–Crippen MR) is 99.9 cm³/mol. The molecule has 0 N–H and O–H groups in total. The van der Waals surface area contributed by atoms with Gasteiger partial charge in [-0.05, 0) is 51.9 Å². The van der Waals surface area contributed by atoms with Crippen LogP contribution in [-0.2, 0) is 12.8 Å². The second-order valence-electron chi connectivity index (χ2n) is 6.13. The second-order valence-corrected chi connectivity index (χ2v) is 6.13. The van der Waals surface area contributed by atoms with Gasteiger partial charge in [0.1, 0.15) is 0 Å². The molecule has 0 saturated carbocycles. The molecule has 4 rings (SSSR count). The van der Waals surface area contributed by atoms with Crippen molar-refractivity contribution >= 4 is 21.5 Å². The smallest absolute Gasteiger partial charge is 0.0152 e. The Morgan fingerprint density at radius 1 is 0.435 bits per heavy atom. The standard InChI is InChI=1S/C23H20/c1-3-16-22-18(8-1)10-5-12-20(22)14-7-15-21-13-6-11-19-9-2-4-17-23(19)21/h1-6,8-13,16-17H,7,14-15H2. The van der Waals surface area contributed by atoms with Crippen LogP contribution in [0.15, 0.2) is 84.9 Å². The Kier molecular flexibility index (Phi) is 3.81. The third-order valence-electron chi connectivity index (χ3n) is 4.65. The normalized spacial score (nSPS) is 11.1. The quantitative estimate of drug-likeness (QED) is 0.422. The lowest BCUT2D eigenvalue weighted by Crippen LogP contribution is -1.92. The molecule has 4 aromatic rings. The molecule has 0 aliphatic rings. The van der Waals surface area contributed by atoms with E-state index in [2.05, 4.69) is 84.9 Å². The molecule has 112 valence electrons. The molecule has 0 spiro atoms. The molecule has 0 atom stereocenters. The van der Waals surface area contributed by atoms with Gasteiger partial charge in [-0.3, -0.25) is 0 Å². The van der Waals surface area contributed by atoms with Gasteiger partial charge < -0.3 is 0 Å². The molecule has 23 heavy (non-hydrogen) atoms. The highest BCUT2D eigenvalue weighted by atomic mass is 14.1. The van der Waals surface area contributed by atoms with E-state index in [0.717, 1.165) is 12.8 Å². The van der Waals surface area contributed by atoms with Crippen LogP contribution in [0.1, 0.15) is 17.5 Å². The van der Waals surface area contributed by atoms with Gasteiger partial charge in [-0.15, -0.1) is 0 Å². The van der Waals surface area contributed by atoms with Crippen molar-refractivity contribution in [1.29, 1.82) is 0 Å². The van der Waals surface area contributed by atoms with Crippen molar-refractivity contribution in [2.24, 2.45) is 0 Å². The van der Waals surface area contributed by atoms with E-state index < -0.39 is 0 Å². The van der Waals surface area contributed by atoms with Crippen LogP contribution >= 0.6 is 0 Å². The highest BCUT2D eigenvalue weighted by molar-refractivity contribution is 5.86. The van der Waals surface area contributed by atoms with E-state index in [0.29, 0.717) is 0 Å². The molecule has 0 nitrogen and oxygen atoms in total. The van der Waals surface area contributed by atoms with Gasteiger partial charge in [0.05, 0.1) is 0 Å². The molecule has 0 aliphatic carbocycles. The van der Waals surface area contributed by atoms with Crippen molar-refractivity contribution in [3.05, 3.63) is 96.1 Å². The highest BCUT2D eigenvalue weighted by Crippen LogP contribution is 2.23. The van der Waals surface area contributed by atoms with Gasteiger partial charge in [0.2, 0.25) is 0 Å². The molecule has 0 heteroatoms. The number of rotatable bonds is 4. The Morgan fingerprint density at radius 2 is 0.870 bits per heavy atom. The first-order valence-electron chi connectivity index (χ1n) is 8.35. The van der Waals surface area contributed by atoms with Crippen molar-refractivity contribution in [3.63, 3.8) is 0 Å². The summed E-state index contributed by atoms with van der Waals surface area (Å²) in [5, 5.41) is 5.48. The average Bonchev–Trinajstić information content (AvgIpc) is 2.62. The van der Waals surface area contributed by atoms with Gasteiger partial charge in [-0.1, -0.05) is 84.9 Å². The first kappa shape index (κ1) is 14.0. The fourth-order valence-electron chi connectivity index (χ4n) is 3.49. The van der Waals surface area contributed by atoms with Crippen LogP contribution in [-0.4, -0.2) is 0 Å². The van der Waals surface area contributed by atoms with Crippen LogP contribution in [0.2, 0.25) is 0 Å². The molecule has 0 aliphatic heterocycles. The Morgan fingerprint density at radius 3 is 1.39 bits per heavy atom. The molecule has 4 aromatic carbocycles. The molecule has 0 radical (unpaired) electrons. The van der Waals surface area contributed by atoms with Crippen molar-refractivity contribution in [3.8, 4) is 0 Å². The second kappa shape index (κ2) is 6.26. The zero-order chi connectivity index (χ0) is 15.5. The van der Waals surface area contributed by atoms with Crippen LogP contribution in [0.3, 0.4) is 0 Å². The summed E-state index contributed by atoms with van der Waals surface area (Å²) in [5.41, 5.74) is 2.92. The van der Waals surface area contributed by atoms with Gasteiger partial charge >= 0.3 is 0 Å². The zero-order valence-electron chi connectivity index (χ0n) is 13.2. The third kappa shape index (κ3) is 2.85. The van der Waals surface area contributed by atoms with E-state index in [1.54, 1.807) is 0 Å². The minimum Gasteiger partial charge on any atom is -0.0616 e.